The van der Waals surface area contributed by atoms with E-state index in [0.717, 1.165) is 87.3 Å². The second-order valence-electron chi connectivity index (χ2n) is 9.06. The van der Waals surface area contributed by atoms with Gasteiger partial charge in [-0.2, -0.15) is 0 Å². The molecule has 2 aliphatic carbocycles. The largest absolute Gasteiger partial charge is 0.478 e. The van der Waals surface area contributed by atoms with Crippen LogP contribution in [0.1, 0.15) is 139 Å². The number of aromatic carboxylic acids is 2. The molecule has 160 valence electrons. The van der Waals surface area contributed by atoms with Crippen molar-refractivity contribution in [2.45, 2.75) is 109 Å². The number of carbonyl (C=O) groups is 2. The van der Waals surface area contributed by atoms with Gasteiger partial charge in [-0.15, -0.1) is 0 Å². The Morgan fingerprint density at radius 2 is 1.28 bits per heavy atom. The van der Waals surface area contributed by atoms with E-state index in [4.69, 9.17) is 0 Å². The normalized spacial score (nSPS) is 18.7. The van der Waals surface area contributed by atoms with Gasteiger partial charge in [-0.3, -0.25) is 0 Å². The zero-order chi connectivity index (χ0) is 21.0. The molecule has 2 fully saturated rings. The molecule has 4 nitrogen and oxygen atoms in total. The maximum Gasteiger partial charge on any atom is 0.336 e. The van der Waals surface area contributed by atoms with E-state index in [2.05, 4.69) is 6.92 Å². The van der Waals surface area contributed by atoms with Crippen LogP contribution in [-0.2, 0) is 6.42 Å². The Hall–Kier alpha value is -1.84. The van der Waals surface area contributed by atoms with Gasteiger partial charge in [0.05, 0.1) is 11.1 Å². The standard InChI is InChI=1S/C25H36O4/c1-3-4-15-19-20(24(26)27)16(2)21(25(28)29)23(18-13-9-6-10-14-18)22(19)17-11-7-5-8-12-17/h17-18H,3-15H2,1-2H3,(H,26,27)(H,28,29). The second kappa shape index (κ2) is 9.77. The van der Waals surface area contributed by atoms with Crippen molar-refractivity contribution in [1.82, 2.24) is 0 Å². The third kappa shape index (κ3) is 4.51. The van der Waals surface area contributed by atoms with E-state index in [-0.39, 0.29) is 11.5 Å². The van der Waals surface area contributed by atoms with E-state index in [9.17, 15) is 19.8 Å². The molecule has 2 saturated carbocycles. The van der Waals surface area contributed by atoms with Crippen LogP contribution in [0.5, 0.6) is 0 Å². The molecule has 29 heavy (non-hydrogen) atoms. The lowest BCUT2D eigenvalue weighted by molar-refractivity contribution is 0.0693. The first-order chi connectivity index (χ1) is 14.0. The summed E-state index contributed by atoms with van der Waals surface area (Å²) in [7, 11) is 0. The van der Waals surface area contributed by atoms with Gasteiger partial charge in [-0.25, -0.2) is 9.59 Å². The summed E-state index contributed by atoms with van der Waals surface area (Å²) in [5.41, 5.74) is 4.14. The van der Waals surface area contributed by atoms with Crippen LogP contribution in [0.2, 0.25) is 0 Å². The molecule has 0 atom stereocenters. The molecule has 0 heterocycles. The van der Waals surface area contributed by atoms with Crippen LogP contribution in [0.4, 0.5) is 0 Å². The fourth-order valence-corrected chi connectivity index (χ4v) is 5.84. The summed E-state index contributed by atoms with van der Waals surface area (Å²) in [6, 6.07) is 0. The molecule has 1 aromatic carbocycles. The highest BCUT2D eigenvalue weighted by molar-refractivity contribution is 6.00. The molecule has 1 aromatic rings. The van der Waals surface area contributed by atoms with Gasteiger partial charge in [-0.05, 0) is 79.5 Å². The van der Waals surface area contributed by atoms with Crippen molar-refractivity contribution in [2.24, 2.45) is 0 Å². The van der Waals surface area contributed by atoms with Crippen molar-refractivity contribution in [3.63, 3.8) is 0 Å². The Kier molecular flexibility index (Phi) is 7.37. The van der Waals surface area contributed by atoms with Crippen LogP contribution in [-0.4, -0.2) is 22.2 Å². The van der Waals surface area contributed by atoms with E-state index in [1.54, 1.807) is 6.92 Å². The van der Waals surface area contributed by atoms with Crippen LogP contribution < -0.4 is 0 Å². The Morgan fingerprint density at radius 1 is 0.793 bits per heavy atom. The average Bonchev–Trinajstić information content (AvgIpc) is 2.72. The topological polar surface area (TPSA) is 74.6 Å². The molecular weight excluding hydrogens is 364 g/mol. The first-order valence-corrected chi connectivity index (χ1v) is 11.6. The van der Waals surface area contributed by atoms with Crippen molar-refractivity contribution in [1.29, 1.82) is 0 Å². The van der Waals surface area contributed by atoms with Gasteiger partial charge in [0.1, 0.15) is 0 Å². The maximum atomic E-state index is 12.4. The average molecular weight is 401 g/mol. The first-order valence-electron chi connectivity index (χ1n) is 11.6. The monoisotopic (exact) mass is 400 g/mol. The minimum atomic E-state index is -0.969. The van der Waals surface area contributed by atoms with Crippen molar-refractivity contribution in [3.05, 3.63) is 33.4 Å². The molecule has 0 bridgehead atoms. The lowest BCUT2D eigenvalue weighted by atomic mass is 9.70. The first kappa shape index (κ1) is 21.9. The lowest BCUT2D eigenvalue weighted by Crippen LogP contribution is -2.23. The number of carboxylic acids is 2. The molecule has 0 radical (unpaired) electrons. The number of unbranched alkanes of at least 4 members (excludes halogenated alkanes) is 1. The summed E-state index contributed by atoms with van der Waals surface area (Å²) in [5, 5.41) is 20.3. The summed E-state index contributed by atoms with van der Waals surface area (Å²) < 4.78 is 0. The Balaban J connectivity index is 2.33. The van der Waals surface area contributed by atoms with Gasteiger partial charge < -0.3 is 10.2 Å². The molecule has 0 saturated heterocycles. The number of hydrogen-bond donors (Lipinski definition) is 2. The molecule has 0 unspecified atom stereocenters. The van der Waals surface area contributed by atoms with E-state index in [1.165, 1.54) is 12.8 Å². The summed E-state index contributed by atoms with van der Waals surface area (Å²) in [5.74, 6) is -1.36. The summed E-state index contributed by atoms with van der Waals surface area (Å²) >= 11 is 0. The highest BCUT2D eigenvalue weighted by Crippen LogP contribution is 2.46. The summed E-state index contributed by atoms with van der Waals surface area (Å²) in [6.45, 7) is 3.85. The molecule has 0 spiro atoms. The molecule has 3 rings (SSSR count). The molecule has 4 heteroatoms. The molecule has 2 N–H and O–H groups in total. The van der Waals surface area contributed by atoms with Gasteiger partial charge in [0.15, 0.2) is 0 Å². The number of benzene rings is 1. The van der Waals surface area contributed by atoms with Crippen LogP contribution in [0.15, 0.2) is 0 Å². The number of rotatable bonds is 7. The van der Waals surface area contributed by atoms with E-state index < -0.39 is 11.9 Å². The molecular formula is C25H36O4. The molecule has 0 amide bonds. The highest BCUT2D eigenvalue weighted by atomic mass is 16.4. The highest BCUT2D eigenvalue weighted by Gasteiger charge is 2.35. The Bertz CT molecular complexity index is 753. The van der Waals surface area contributed by atoms with Crippen molar-refractivity contribution < 1.29 is 19.8 Å². The van der Waals surface area contributed by atoms with Crippen LogP contribution >= 0.6 is 0 Å². The third-order valence-electron chi connectivity index (χ3n) is 7.17. The van der Waals surface area contributed by atoms with Gasteiger partial charge in [0.25, 0.3) is 0 Å². The lowest BCUT2D eigenvalue weighted by Gasteiger charge is -2.34. The smallest absolute Gasteiger partial charge is 0.336 e. The SMILES string of the molecule is CCCCc1c(C(=O)O)c(C)c(C(=O)O)c(C2CCCCC2)c1C1CCCCC1. The fourth-order valence-electron chi connectivity index (χ4n) is 5.84. The minimum absolute atomic E-state index is 0.258. The number of hydrogen-bond acceptors (Lipinski definition) is 2. The Morgan fingerprint density at radius 3 is 1.72 bits per heavy atom. The molecule has 0 aliphatic heterocycles. The van der Waals surface area contributed by atoms with Crippen molar-refractivity contribution in [2.75, 3.05) is 0 Å². The van der Waals surface area contributed by atoms with Crippen LogP contribution in [0.3, 0.4) is 0 Å². The zero-order valence-electron chi connectivity index (χ0n) is 18.1. The van der Waals surface area contributed by atoms with Crippen LogP contribution in [0.25, 0.3) is 0 Å². The van der Waals surface area contributed by atoms with Gasteiger partial charge in [-0.1, -0.05) is 51.9 Å². The quantitative estimate of drug-likeness (QED) is 0.526. The van der Waals surface area contributed by atoms with Crippen LogP contribution in [0, 0.1) is 6.92 Å². The molecule has 2 aliphatic rings. The van der Waals surface area contributed by atoms with E-state index in [0.29, 0.717) is 17.0 Å². The summed E-state index contributed by atoms with van der Waals surface area (Å²) in [4.78, 5) is 24.7. The fraction of sp³-hybridized carbons (Fsp3) is 0.680. The third-order valence-corrected chi connectivity index (χ3v) is 7.17. The second-order valence-corrected chi connectivity index (χ2v) is 9.06. The maximum absolute atomic E-state index is 12.4. The zero-order valence-corrected chi connectivity index (χ0v) is 18.1. The predicted octanol–water partition coefficient (Wildman–Crippen LogP) is 6.83. The van der Waals surface area contributed by atoms with Gasteiger partial charge in [0, 0.05) is 0 Å². The van der Waals surface area contributed by atoms with Crippen molar-refractivity contribution in [3.8, 4) is 0 Å². The minimum Gasteiger partial charge on any atom is -0.478 e. The van der Waals surface area contributed by atoms with Gasteiger partial charge in [0.2, 0.25) is 0 Å². The van der Waals surface area contributed by atoms with Gasteiger partial charge >= 0.3 is 11.9 Å². The Labute approximate surface area is 174 Å². The van der Waals surface area contributed by atoms with E-state index >= 15 is 0 Å². The summed E-state index contributed by atoms with van der Waals surface area (Å²) in [6.07, 6.45) is 13.9. The number of carboxylic acid groups (broad SMARTS) is 2. The van der Waals surface area contributed by atoms with Crippen molar-refractivity contribution >= 4 is 11.9 Å². The molecule has 0 aromatic heterocycles. The predicted molar refractivity (Wildman–Crippen MR) is 115 cm³/mol. The van der Waals surface area contributed by atoms with E-state index in [1.807, 2.05) is 0 Å².